The monoisotopic (exact) mass is 261 g/mol. The average Bonchev–Trinajstić information content (AvgIpc) is 2.75. The second kappa shape index (κ2) is 4.57. The molecule has 1 aromatic heterocycles. The van der Waals surface area contributed by atoms with Crippen molar-refractivity contribution in [3.63, 3.8) is 0 Å². The minimum atomic E-state index is -0.725. The Bertz CT molecular complexity index is 616. The number of esters is 1. The molecule has 0 aliphatic rings. The van der Waals surface area contributed by atoms with Gasteiger partial charge in [-0.2, -0.15) is 0 Å². The lowest BCUT2D eigenvalue weighted by Gasteiger charge is -2.34. The largest absolute Gasteiger partial charge is 0.467 e. The van der Waals surface area contributed by atoms with Gasteiger partial charge in [-0.3, -0.25) is 0 Å². The molecule has 0 aliphatic heterocycles. The third-order valence-corrected chi connectivity index (χ3v) is 3.49. The van der Waals surface area contributed by atoms with Crippen molar-refractivity contribution in [3.05, 3.63) is 24.0 Å². The number of nitrogens with one attached hydrogen (secondary N) is 1. The molecule has 0 amide bonds. The van der Waals surface area contributed by atoms with Crippen molar-refractivity contribution < 1.29 is 9.53 Å². The zero-order chi connectivity index (χ0) is 14.2. The van der Waals surface area contributed by atoms with Crippen LogP contribution in [0.25, 0.3) is 11.0 Å². The van der Waals surface area contributed by atoms with Gasteiger partial charge in [0.2, 0.25) is 0 Å². The fourth-order valence-electron chi connectivity index (χ4n) is 2.04. The number of fused-ring (bicyclic) bond motifs is 1. The predicted molar refractivity (Wildman–Crippen MR) is 75.3 cm³/mol. The van der Waals surface area contributed by atoms with Crippen molar-refractivity contribution in [3.8, 4) is 0 Å². The molecule has 1 N–H and O–H groups in total. The van der Waals surface area contributed by atoms with E-state index in [2.05, 4.69) is 9.97 Å². The number of imidazole rings is 1. The van der Waals surface area contributed by atoms with Crippen LogP contribution in [0.1, 0.15) is 19.7 Å². The summed E-state index contributed by atoms with van der Waals surface area (Å²) in [6.07, 6.45) is 0. The quantitative estimate of drug-likeness (QED) is 0.861. The molecule has 2 rings (SSSR count). The van der Waals surface area contributed by atoms with Crippen LogP contribution in [-0.2, 0) is 9.53 Å². The fraction of sp³-hybridized carbons (Fsp3) is 0.429. The Kier molecular flexibility index (Phi) is 3.22. The Morgan fingerprint density at radius 2 is 2.11 bits per heavy atom. The average molecular weight is 261 g/mol. The zero-order valence-corrected chi connectivity index (χ0v) is 11.9. The molecule has 19 heavy (non-hydrogen) atoms. The molecule has 5 heteroatoms. The number of aryl methyl sites for hydroxylation is 1. The second-order valence-corrected chi connectivity index (χ2v) is 5.13. The molecule has 2 aromatic rings. The van der Waals surface area contributed by atoms with Gasteiger partial charge in [0, 0.05) is 12.7 Å². The van der Waals surface area contributed by atoms with Crippen molar-refractivity contribution >= 4 is 22.7 Å². The molecule has 5 nitrogen and oxygen atoms in total. The Balaban J connectivity index is 2.40. The summed E-state index contributed by atoms with van der Waals surface area (Å²) >= 11 is 0. The Morgan fingerprint density at radius 1 is 1.42 bits per heavy atom. The first-order chi connectivity index (χ1) is 8.86. The maximum atomic E-state index is 11.8. The summed E-state index contributed by atoms with van der Waals surface area (Å²) in [4.78, 5) is 21.3. The van der Waals surface area contributed by atoms with Gasteiger partial charge in [-0.25, -0.2) is 9.78 Å². The molecule has 102 valence electrons. The van der Waals surface area contributed by atoms with Crippen molar-refractivity contribution in [2.24, 2.45) is 0 Å². The number of carbonyl (C=O) groups is 1. The number of hydrogen-bond donors (Lipinski definition) is 1. The summed E-state index contributed by atoms with van der Waals surface area (Å²) in [6.45, 7) is 5.59. The van der Waals surface area contributed by atoms with E-state index in [1.165, 1.54) is 7.11 Å². The number of hydrogen-bond acceptors (Lipinski definition) is 4. The molecule has 0 spiro atoms. The number of benzene rings is 1. The van der Waals surface area contributed by atoms with E-state index in [4.69, 9.17) is 4.74 Å². The van der Waals surface area contributed by atoms with Gasteiger partial charge in [0.1, 0.15) is 11.4 Å². The van der Waals surface area contributed by atoms with Gasteiger partial charge in [-0.15, -0.1) is 0 Å². The second-order valence-electron chi connectivity index (χ2n) is 5.13. The number of methoxy groups -OCH3 is 1. The molecule has 0 fully saturated rings. The maximum absolute atomic E-state index is 11.8. The molecule has 0 aliphatic carbocycles. The number of carbonyl (C=O) groups excluding carboxylic acids is 1. The summed E-state index contributed by atoms with van der Waals surface area (Å²) < 4.78 is 4.85. The predicted octanol–water partition coefficient (Wildman–Crippen LogP) is 2.26. The van der Waals surface area contributed by atoms with Crippen LogP contribution < -0.4 is 4.90 Å². The number of aromatic nitrogens is 2. The van der Waals surface area contributed by atoms with Gasteiger partial charge in [-0.1, -0.05) is 0 Å². The lowest BCUT2D eigenvalue weighted by Crippen LogP contribution is -2.48. The van der Waals surface area contributed by atoms with E-state index in [-0.39, 0.29) is 5.97 Å². The van der Waals surface area contributed by atoms with Crippen LogP contribution in [0.15, 0.2) is 18.2 Å². The highest BCUT2D eigenvalue weighted by Gasteiger charge is 2.33. The topological polar surface area (TPSA) is 58.2 Å². The Morgan fingerprint density at radius 3 is 2.74 bits per heavy atom. The summed E-state index contributed by atoms with van der Waals surface area (Å²) in [6, 6.07) is 5.88. The smallest absolute Gasteiger partial charge is 0.331 e. The number of nitrogens with zero attached hydrogens (tertiary/aromatic N) is 2. The third-order valence-electron chi connectivity index (χ3n) is 3.49. The lowest BCUT2D eigenvalue weighted by atomic mass is 10.0. The molecular formula is C14H19N3O2. The highest BCUT2D eigenvalue weighted by molar-refractivity contribution is 5.86. The van der Waals surface area contributed by atoms with E-state index in [0.29, 0.717) is 0 Å². The molecule has 0 unspecified atom stereocenters. The van der Waals surface area contributed by atoms with Gasteiger partial charge < -0.3 is 14.6 Å². The highest BCUT2D eigenvalue weighted by atomic mass is 16.5. The van der Waals surface area contributed by atoms with Crippen molar-refractivity contribution in [1.29, 1.82) is 0 Å². The molecule has 1 heterocycles. The summed E-state index contributed by atoms with van der Waals surface area (Å²) in [5.41, 5.74) is 2.09. The van der Waals surface area contributed by atoms with E-state index >= 15 is 0 Å². The molecule has 1 aromatic carbocycles. The molecule has 0 bridgehead atoms. The number of anilines is 1. The van der Waals surface area contributed by atoms with Crippen LogP contribution in [0.5, 0.6) is 0 Å². The van der Waals surface area contributed by atoms with E-state index < -0.39 is 5.54 Å². The van der Waals surface area contributed by atoms with Gasteiger partial charge >= 0.3 is 5.97 Å². The normalized spacial score (nSPS) is 11.6. The van der Waals surface area contributed by atoms with E-state index in [1.54, 1.807) is 0 Å². The summed E-state index contributed by atoms with van der Waals surface area (Å²) in [7, 11) is 3.28. The maximum Gasteiger partial charge on any atom is 0.331 e. The van der Waals surface area contributed by atoms with Crippen LogP contribution in [0.3, 0.4) is 0 Å². The summed E-state index contributed by atoms with van der Waals surface area (Å²) in [5, 5.41) is 0. The Labute approximate surface area is 112 Å². The Hall–Kier alpha value is -2.04. The molecule has 0 saturated carbocycles. The van der Waals surface area contributed by atoms with Crippen LogP contribution in [-0.4, -0.2) is 35.6 Å². The van der Waals surface area contributed by atoms with Gasteiger partial charge in [0.25, 0.3) is 0 Å². The third kappa shape index (κ3) is 2.28. The van der Waals surface area contributed by atoms with Crippen LogP contribution in [0.4, 0.5) is 5.69 Å². The van der Waals surface area contributed by atoms with Crippen molar-refractivity contribution in [2.45, 2.75) is 26.3 Å². The number of H-pyrrole nitrogens is 1. The molecule has 0 radical (unpaired) electrons. The van der Waals surface area contributed by atoms with Crippen LogP contribution in [0, 0.1) is 6.92 Å². The van der Waals surface area contributed by atoms with Crippen LogP contribution in [0.2, 0.25) is 0 Å². The number of likely N-dealkylation sites (N-methyl/N-ethyl adjacent to an activating group) is 1. The van der Waals surface area contributed by atoms with Crippen molar-refractivity contribution in [1.82, 2.24) is 9.97 Å². The molecule has 0 atom stereocenters. The number of ether oxygens (including phenoxy) is 1. The minimum Gasteiger partial charge on any atom is -0.467 e. The van der Waals surface area contributed by atoms with E-state index in [9.17, 15) is 4.79 Å². The zero-order valence-electron chi connectivity index (χ0n) is 11.9. The van der Waals surface area contributed by atoms with Gasteiger partial charge in [-0.05, 0) is 39.0 Å². The van der Waals surface area contributed by atoms with Gasteiger partial charge in [0.15, 0.2) is 0 Å². The first kappa shape index (κ1) is 13.4. The number of rotatable bonds is 3. The van der Waals surface area contributed by atoms with E-state index in [0.717, 1.165) is 22.5 Å². The lowest BCUT2D eigenvalue weighted by molar-refractivity contribution is -0.145. The molecule has 0 saturated heterocycles. The van der Waals surface area contributed by atoms with E-state index in [1.807, 2.05) is 50.9 Å². The number of aromatic amines is 1. The fourth-order valence-corrected chi connectivity index (χ4v) is 2.04. The van der Waals surface area contributed by atoms with Crippen LogP contribution >= 0.6 is 0 Å². The molecular weight excluding hydrogens is 242 g/mol. The van der Waals surface area contributed by atoms with Gasteiger partial charge in [0.05, 0.1) is 18.1 Å². The SMILES string of the molecule is COC(=O)C(C)(C)N(C)c1ccc2nc(C)[nH]c2c1. The highest BCUT2D eigenvalue weighted by Crippen LogP contribution is 2.26. The summed E-state index contributed by atoms with van der Waals surface area (Å²) in [5.74, 6) is 0.609. The van der Waals surface area contributed by atoms with Crippen molar-refractivity contribution in [2.75, 3.05) is 19.1 Å². The first-order valence-electron chi connectivity index (χ1n) is 6.15. The standard InChI is InChI=1S/C14H19N3O2/c1-9-15-11-7-6-10(8-12(11)16-9)17(4)14(2,3)13(18)19-5/h6-8H,1-5H3,(H,15,16). The minimum absolute atomic E-state index is 0.268. The first-order valence-corrected chi connectivity index (χ1v) is 6.15.